The van der Waals surface area contributed by atoms with E-state index in [1.807, 2.05) is 13.8 Å². The highest BCUT2D eigenvalue weighted by atomic mass is 32.2. The lowest BCUT2D eigenvalue weighted by atomic mass is 9.98. The fraction of sp³-hybridized carbons (Fsp3) is 0.846. The number of hydrogen-bond acceptors (Lipinski definition) is 3. The third-order valence-electron chi connectivity index (χ3n) is 3.27. The second-order valence-corrected chi connectivity index (χ2v) is 6.60. The van der Waals surface area contributed by atoms with E-state index in [0.717, 1.165) is 0 Å². The molecule has 0 aromatic rings. The van der Waals surface area contributed by atoms with E-state index in [2.05, 4.69) is 5.32 Å². The minimum atomic E-state index is -4.32. The Balaban J connectivity index is 2.74. The maximum Gasteiger partial charge on any atom is 0.441 e. The summed E-state index contributed by atoms with van der Waals surface area (Å²) in [6.45, 7) is 5.53. The SMILES string of the molecule is CCC1C(=O)NC(CC(C)C)C(=O)N1CCSC(F)(F)F. The van der Waals surface area contributed by atoms with E-state index in [0.29, 0.717) is 12.8 Å². The first-order valence-electron chi connectivity index (χ1n) is 6.97. The molecule has 1 fully saturated rings. The molecule has 21 heavy (non-hydrogen) atoms. The summed E-state index contributed by atoms with van der Waals surface area (Å²) in [6, 6.07) is -1.30. The number of carbonyl (C=O) groups is 2. The number of halogens is 3. The zero-order chi connectivity index (χ0) is 16.2. The van der Waals surface area contributed by atoms with Crippen LogP contribution in [0.5, 0.6) is 0 Å². The first-order chi connectivity index (χ1) is 9.65. The van der Waals surface area contributed by atoms with Crippen LogP contribution >= 0.6 is 11.8 Å². The van der Waals surface area contributed by atoms with Gasteiger partial charge in [-0.1, -0.05) is 20.8 Å². The van der Waals surface area contributed by atoms with Crippen LogP contribution in [0.4, 0.5) is 13.2 Å². The smallest absolute Gasteiger partial charge is 0.342 e. The molecule has 0 radical (unpaired) electrons. The zero-order valence-electron chi connectivity index (χ0n) is 12.4. The Bertz CT molecular complexity index is 388. The zero-order valence-corrected chi connectivity index (χ0v) is 13.2. The van der Waals surface area contributed by atoms with Gasteiger partial charge in [0.2, 0.25) is 11.8 Å². The molecule has 2 amide bonds. The van der Waals surface area contributed by atoms with Crippen LogP contribution in [0.1, 0.15) is 33.6 Å². The van der Waals surface area contributed by atoms with Gasteiger partial charge in [-0.2, -0.15) is 13.2 Å². The van der Waals surface area contributed by atoms with Crippen molar-refractivity contribution in [3.63, 3.8) is 0 Å². The lowest BCUT2D eigenvalue weighted by Crippen LogP contribution is -2.63. The number of piperazine rings is 1. The molecule has 0 spiro atoms. The lowest BCUT2D eigenvalue weighted by molar-refractivity contribution is -0.149. The van der Waals surface area contributed by atoms with E-state index in [9.17, 15) is 22.8 Å². The van der Waals surface area contributed by atoms with Crippen LogP contribution in [-0.4, -0.2) is 46.6 Å². The van der Waals surface area contributed by atoms with Gasteiger partial charge in [0.25, 0.3) is 0 Å². The van der Waals surface area contributed by atoms with Crippen LogP contribution in [-0.2, 0) is 9.59 Å². The fourth-order valence-electron chi connectivity index (χ4n) is 2.39. The average Bonchev–Trinajstić information content (AvgIpc) is 2.33. The monoisotopic (exact) mass is 326 g/mol. The topological polar surface area (TPSA) is 49.4 Å². The van der Waals surface area contributed by atoms with Crippen molar-refractivity contribution in [2.24, 2.45) is 5.92 Å². The van der Waals surface area contributed by atoms with Gasteiger partial charge < -0.3 is 10.2 Å². The number of alkyl halides is 3. The van der Waals surface area contributed by atoms with Crippen molar-refractivity contribution >= 4 is 23.6 Å². The van der Waals surface area contributed by atoms with Gasteiger partial charge in [-0.05, 0) is 30.5 Å². The Morgan fingerprint density at radius 2 is 1.95 bits per heavy atom. The number of carbonyl (C=O) groups excluding carboxylic acids is 2. The molecule has 0 aromatic heterocycles. The molecular formula is C13H21F3N2O2S. The Labute approximate surface area is 126 Å². The summed E-state index contributed by atoms with van der Waals surface area (Å²) in [6.07, 6.45) is 0.882. The summed E-state index contributed by atoms with van der Waals surface area (Å²) in [5, 5.41) is 2.68. The summed E-state index contributed by atoms with van der Waals surface area (Å²) in [7, 11) is 0. The highest BCUT2D eigenvalue weighted by Gasteiger charge is 2.40. The predicted molar refractivity (Wildman–Crippen MR) is 75.7 cm³/mol. The van der Waals surface area contributed by atoms with Gasteiger partial charge >= 0.3 is 5.51 Å². The molecule has 0 aromatic carbocycles. The summed E-state index contributed by atoms with van der Waals surface area (Å²) in [5.74, 6) is -0.602. The molecule has 1 aliphatic heterocycles. The van der Waals surface area contributed by atoms with Crippen molar-refractivity contribution in [3.05, 3.63) is 0 Å². The van der Waals surface area contributed by atoms with E-state index in [1.165, 1.54) is 4.90 Å². The van der Waals surface area contributed by atoms with Gasteiger partial charge in [0.15, 0.2) is 0 Å². The Hall–Kier alpha value is -0.920. The number of thioether (sulfide) groups is 1. The molecule has 2 unspecified atom stereocenters. The van der Waals surface area contributed by atoms with Gasteiger partial charge in [0.05, 0.1) is 0 Å². The van der Waals surface area contributed by atoms with Gasteiger partial charge in [0, 0.05) is 12.3 Å². The third-order valence-corrected chi connectivity index (χ3v) is 3.98. The first kappa shape index (κ1) is 18.1. The average molecular weight is 326 g/mol. The molecule has 8 heteroatoms. The van der Waals surface area contributed by atoms with Gasteiger partial charge in [-0.3, -0.25) is 9.59 Å². The van der Waals surface area contributed by atoms with Crippen molar-refractivity contribution in [2.75, 3.05) is 12.3 Å². The second-order valence-electron chi connectivity index (χ2n) is 5.44. The molecule has 1 heterocycles. The Morgan fingerprint density at radius 1 is 1.33 bits per heavy atom. The highest BCUT2D eigenvalue weighted by molar-refractivity contribution is 8.00. The molecule has 2 atom stereocenters. The van der Waals surface area contributed by atoms with Crippen LogP contribution < -0.4 is 5.32 Å². The first-order valence-corrected chi connectivity index (χ1v) is 7.95. The van der Waals surface area contributed by atoms with E-state index in [1.54, 1.807) is 6.92 Å². The summed E-state index contributed by atoms with van der Waals surface area (Å²) < 4.78 is 36.6. The van der Waals surface area contributed by atoms with E-state index >= 15 is 0 Å². The molecule has 0 aliphatic carbocycles. The molecule has 0 saturated carbocycles. The van der Waals surface area contributed by atoms with Gasteiger partial charge in [-0.25, -0.2) is 0 Å². The Morgan fingerprint density at radius 3 is 2.43 bits per heavy atom. The van der Waals surface area contributed by atoms with Crippen molar-refractivity contribution in [1.29, 1.82) is 0 Å². The van der Waals surface area contributed by atoms with E-state index in [4.69, 9.17) is 0 Å². The van der Waals surface area contributed by atoms with Crippen molar-refractivity contribution in [2.45, 2.75) is 51.2 Å². The summed E-state index contributed by atoms with van der Waals surface area (Å²) in [5.41, 5.74) is -4.32. The van der Waals surface area contributed by atoms with Crippen LogP contribution in [0.3, 0.4) is 0 Å². The van der Waals surface area contributed by atoms with E-state index in [-0.39, 0.29) is 41.8 Å². The van der Waals surface area contributed by atoms with Crippen LogP contribution in [0, 0.1) is 5.92 Å². The summed E-state index contributed by atoms with van der Waals surface area (Å²) >= 11 is -0.167. The number of amides is 2. The normalized spacial score (nSPS) is 23.7. The predicted octanol–water partition coefficient (Wildman–Crippen LogP) is 2.39. The maximum atomic E-state index is 12.4. The second kappa shape index (κ2) is 7.38. The van der Waals surface area contributed by atoms with Gasteiger partial charge in [0.1, 0.15) is 12.1 Å². The van der Waals surface area contributed by atoms with E-state index < -0.39 is 17.6 Å². The maximum absolute atomic E-state index is 12.4. The van der Waals surface area contributed by atoms with Crippen molar-refractivity contribution in [3.8, 4) is 0 Å². The summed E-state index contributed by atoms with van der Waals surface area (Å²) in [4.78, 5) is 25.6. The van der Waals surface area contributed by atoms with Crippen LogP contribution in [0.25, 0.3) is 0 Å². The number of rotatable bonds is 6. The van der Waals surface area contributed by atoms with Gasteiger partial charge in [-0.15, -0.1) is 0 Å². The van der Waals surface area contributed by atoms with Crippen LogP contribution in [0.2, 0.25) is 0 Å². The quantitative estimate of drug-likeness (QED) is 0.815. The molecule has 1 aliphatic rings. The van der Waals surface area contributed by atoms with Crippen LogP contribution in [0.15, 0.2) is 0 Å². The minimum Gasteiger partial charge on any atom is -0.342 e. The molecule has 1 rings (SSSR count). The van der Waals surface area contributed by atoms with Crippen molar-refractivity contribution in [1.82, 2.24) is 10.2 Å². The number of hydrogen-bond donors (Lipinski definition) is 1. The molecule has 1 saturated heterocycles. The number of nitrogens with one attached hydrogen (secondary N) is 1. The molecule has 0 bridgehead atoms. The van der Waals surface area contributed by atoms with Crippen molar-refractivity contribution < 1.29 is 22.8 Å². The molecule has 4 nitrogen and oxygen atoms in total. The number of nitrogens with zero attached hydrogens (tertiary/aromatic N) is 1. The lowest BCUT2D eigenvalue weighted by Gasteiger charge is -2.39. The third kappa shape index (κ3) is 5.41. The molecule has 122 valence electrons. The largest absolute Gasteiger partial charge is 0.441 e. The molecule has 1 N–H and O–H groups in total. The Kier molecular flexibility index (Phi) is 6.37. The fourth-order valence-corrected chi connectivity index (χ4v) is 2.91. The standard InChI is InChI=1S/C13H21F3N2O2S/c1-4-10-11(19)17-9(7-8(2)3)12(20)18(10)5-6-21-13(14,15)16/h8-10H,4-7H2,1-3H3,(H,17,19). The highest BCUT2D eigenvalue weighted by Crippen LogP contribution is 2.30. The molecular weight excluding hydrogens is 305 g/mol. The minimum absolute atomic E-state index is 0.0659.